The lowest BCUT2D eigenvalue weighted by atomic mass is 10.2. The predicted octanol–water partition coefficient (Wildman–Crippen LogP) is 0.220. The molecule has 1 aliphatic heterocycles. The molecular weight excluding hydrogens is 152 g/mol. The number of hydrogen-bond acceptors (Lipinski definition) is 4. The van der Waals surface area contributed by atoms with Crippen molar-refractivity contribution in [2.24, 2.45) is 0 Å². The summed E-state index contributed by atoms with van der Waals surface area (Å²) in [6, 6.07) is 0. The number of allylic oxidation sites excluding steroid dienone is 1. The van der Waals surface area contributed by atoms with Crippen molar-refractivity contribution in [3.63, 3.8) is 0 Å². The molecule has 0 saturated heterocycles. The minimum atomic E-state index is 0.856. The Morgan fingerprint density at radius 3 is 2.75 bits per heavy atom. The highest BCUT2D eigenvalue weighted by Crippen LogP contribution is 1.99. The van der Waals surface area contributed by atoms with Crippen LogP contribution in [0.5, 0.6) is 0 Å². The van der Waals surface area contributed by atoms with E-state index in [1.165, 1.54) is 25.7 Å². The van der Waals surface area contributed by atoms with E-state index in [1.54, 1.807) is 0 Å². The Morgan fingerprint density at radius 2 is 1.75 bits per heavy atom. The summed E-state index contributed by atoms with van der Waals surface area (Å²) < 4.78 is 0. The summed E-state index contributed by atoms with van der Waals surface area (Å²) in [5, 5.41) is 0. The fraction of sp³-hybridized carbons (Fsp3) is 0.750. The molecule has 0 amide bonds. The summed E-state index contributed by atoms with van der Waals surface area (Å²) in [4.78, 5) is 0. The second-order valence-electron chi connectivity index (χ2n) is 2.88. The molecular formula is C8H18N4. The van der Waals surface area contributed by atoms with Crippen molar-refractivity contribution in [3.8, 4) is 0 Å². The molecule has 0 unspecified atom stereocenters. The Morgan fingerprint density at radius 1 is 0.833 bits per heavy atom. The summed E-state index contributed by atoms with van der Waals surface area (Å²) in [5.41, 5.74) is 11.7. The SMILES string of the molecule is C1=C\CNNNNCCCCC/1. The largest absolute Gasteiger partial charge is 0.243 e. The number of hydrazine groups is 3. The molecule has 4 N–H and O–H groups in total. The minimum absolute atomic E-state index is 0.856. The number of nitrogens with one attached hydrogen (secondary N) is 4. The first-order valence-electron chi connectivity index (χ1n) is 4.61. The molecule has 0 aromatic rings. The molecule has 0 saturated carbocycles. The quantitative estimate of drug-likeness (QED) is 0.393. The Balaban J connectivity index is 2.10. The summed E-state index contributed by atoms with van der Waals surface area (Å²) in [6.07, 6.45) is 9.38. The molecule has 0 aromatic heterocycles. The van der Waals surface area contributed by atoms with Gasteiger partial charge in [-0.1, -0.05) is 18.6 Å². The molecule has 0 radical (unpaired) electrons. The molecule has 1 heterocycles. The number of rotatable bonds is 0. The van der Waals surface area contributed by atoms with Crippen molar-refractivity contribution in [2.45, 2.75) is 25.7 Å². The van der Waals surface area contributed by atoms with Gasteiger partial charge < -0.3 is 0 Å². The lowest BCUT2D eigenvalue weighted by molar-refractivity contribution is 0.375. The van der Waals surface area contributed by atoms with E-state index in [0.717, 1.165) is 13.1 Å². The van der Waals surface area contributed by atoms with Crippen LogP contribution in [-0.4, -0.2) is 13.1 Å². The van der Waals surface area contributed by atoms with E-state index in [1.807, 2.05) is 0 Å². The third-order valence-corrected chi connectivity index (χ3v) is 1.80. The maximum Gasteiger partial charge on any atom is 0.0294 e. The van der Waals surface area contributed by atoms with Gasteiger partial charge in [-0.3, -0.25) is 0 Å². The molecule has 70 valence electrons. The van der Waals surface area contributed by atoms with Crippen LogP contribution in [0.2, 0.25) is 0 Å². The first kappa shape index (κ1) is 9.67. The zero-order valence-electron chi connectivity index (χ0n) is 7.40. The van der Waals surface area contributed by atoms with Gasteiger partial charge >= 0.3 is 0 Å². The summed E-state index contributed by atoms with van der Waals surface area (Å²) in [5.74, 6) is 0. The monoisotopic (exact) mass is 170 g/mol. The fourth-order valence-electron chi connectivity index (χ4n) is 1.11. The van der Waals surface area contributed by atoms with Crippen molar-refractivity contribution in [2.75, 3.05) is 13.1 Å². The fourth-order valence-corrected chi connectivity index (χ4v) is 1.11. The van der Waals surface area contributed by atoms with Crippen LogP contribution in [-0.2, 0) is 0 Å². The lowest BCUT2D eigenvalue weighted by Gasteiger charge is -2.09. The van der Waals surface area contributed by atoms with E-state index >= 15 is 0 Å². The molecule has 12 heavy (non-hydrogen) atoms. The zero-order valence-corrected chi connectivity index (χ0v) is 7.40. The van der Waals surface area contributed by atoms with Crippen LogP contribution in [0.3, 0.4) is 0 Å². The second kappa shape index (κ2) is 7.24. The summed E-state index contributed by atoms with van der Waals surface area (Å²) >= 11 is 0. The van der Waals surface area contributed by atoms with Crippen molar-refractivity contribution in [1.82, 2.24) is 21.9 Å². The van der Waals surface area contributed by atoms with Gasteiger partial charge in [-0.25, -0.2) is 10.9 Å². The summed E-state index contributed by atoms with van der Waals surface area (Å²) in [6.45, 7) is 1.87. The maximum atomic E-state index is 3.06. The lowest BCUT2D eigenvalue weighted by Crippen LogP contribution is -2.50. The molecule has 0 atom stereocenters. The average molecular weight is 170 g/mol. The van der Waals surface area contributed by atoms with Crippen molar-refractivity contribution >= 4 is 0 Å². The van der Waals surface area contributed by atoms with Crippen LogP contribution in [0.25, 0.3) is 0 Å². The maximum absolute atomic E-state index is 3.06. The molecule has 1 aliphatic rings. The van der Waals surface area contributed by atoms with E-state index in [2.05, 4.69) is 34.1 Å². The molecule has 0 bridgehead atoms. The normalized spacial score (nSPS) is 25.3. The van der Waals surface area contributed by atoms with Gasteiger partial charge in [0, 0.05) is 13.1 Å². The van der Waals surface area contributed by atoms with Crippen molar-refractivity contribution < 1.29 is 0 Å². The van der Waals surface area contributed by atoms with E-state index in [4.69, 9.17) is 0 Å². The number of hydrogen-bond donors (Lipinski definition) is 4. The Bertz CT molecular complexity index is 110. The highest BCUT2D eigenvalue weighted by Gasteiger charge is 1.89. The molecule has 4 nitrogen and oxygen atoms in total. The third kappa shape index (κ3) is 5.26. The van der Waals surface area contributed by atoms with Gasteiger partial charge in [-0.05, 0) is 19.3 Å². The van der Waals surface area contributed by atoms with Crippen molar-refractivity contribution in [3.05, 3.63) is 12.2 Å². The predicted molar refractivity (Wildman–Crippen MR) is 49.9 cm³/mol. The van der Waals surface area contributed by atoms with E-state index in [9.17, 15) is 0 Å². The Kier molecular flexibility index (Phi) is 5.83. The third-order valence-electron chi connectivity index (χ3n) is 1.80. The van der Waals surface area contributed by atoms with E-state index < -0.39 is 0 Å². The first-order valence-corrected chi connectivity index (χ1v) is 4.61. The highest BCUT2D eigenvalue weighted by atomic mass is 15.7. The van der Waals surface area contributed by atoms with Gasteiger partial charge in [-0.15, -0.1) is 0 Å². The van der Waals surface area contributed by atoms with Gasteiger partial charge in [0.1, 0.15) is 0 Å². The van der Waals surface area contributed by atoms with Gasteiger partial charge in [-0.2, -0.15) is 11.1 Å². The molecule has 0 spiro atoms. The van der Waals surface area contributed by atoms with Crippen LogP contribution in [0.4, 0.5) is 0 Å². The topological polar surface area (TPSA) is 48.1 Å². The van der Waals surface area contributed by atoms with Crippen LogP contribution in [0.1, 0.15) is 25.7 Å². The van der Waals surface area contributed by atoms with Crippen molar-refractivity contribution in [1.29, 1.82) is 0 Å². The smallest absolute Gasteiger partial charge is 0.0294 e. The van der Waals surface area contributed by atoms with Gasteiger partial charge in [0.2, 0.25) is 0 Å². The molecule has 0 aliphatic carbocycles. The van der Waals surface area contributed by atoms with Crippen LogP contribution in [0, 0.1) is 0 Å². The van der Waals surface area contributed by atoms with Crippen LogP contribution >= 0.6 is 0 Å². The van der Waals surface area contributed by atoms with Crippen LogP contribution in [0.15, 0.2) is 12.2 Å². The van der Waals surface area contributed by atoms with Gasteiger partial charge in [0.15, 0.2) is 0 Å². The Hall–Kier alpha value is -0.420. The zero-order chi connectivity index (χ0) is 8.49. The highest BCUT2D eigenvalue weighted by molar-refractivity contribution is 4.82. The van der Waals surface area contributed by atoms with Gasteiger partial charge in [0.05, 0.1) is 0 Å². The second-order valence-corrected chi connectivity index (χ2v) is 2.88. The average Bonchev–Trinajstić information content (AvgIpc) is 2.05. The molecule has 1 rings (SSSR count). The minimum Gasteiger partial charge on any atom is -0.243 e. The first-order chi connectivity index (χ1) is 6.00. The van der Waals surface area contributed by atoms with Gasteiger partial charge in [0.25, 0.3) is 0 Å². The molecule has 0 aromatic carbocycles. The molecule has 0 fully saturated rings. The van der Waals surface area contributed by atoms with E-state index in [-0.39, 0.29) is 0 Å². The molecule has 4 heteroatoms. The van der Waals surface area contributed by atoms with E-state index in [0.29, 0.717) is 0 Å². The Labute approximate surface area is 73.7 Å². The summed E-state index contributed by atoms with van der Waals surface area (Å²) in [7, 11) is 0. The standard InChI is InChI=1S/C8H18N4/c1-2-4-6-8-10-12-11-9-7-5-3-1/h3,5,9-12H,1-2,4,6-8H2/b5-3-. The van der Waals surface area contributed by atoms with Crippen LogP contribution < -0.4 is 21.9 Å².